The molecule has 32 heavy (non-hydrogen) atoms. The Morgan fingerprint density at radius 2 is 2.06 bits per heavy atom. The summed E-state index contributed by atoms with van der Waals surface area (Å²) in [6.45, 7) is 0.351. The number of carbonyl (C=O) groups is 2. The first-order chi connectivity index (χ1) is 15.2. The Morgan fingerprint density at radius 1 is 1.28 bits per heavy atom. The number of alkyl halides is 2. The molecule has 2 aromatic rings. The fourth-order valence-corrected chi connectivity index (χ4v) is 6.12. The van der Waals surface area contributed by atoms with E-state index in [9.17, 15) is 26.8 Å². The summed E-state index contributed by atoms with van der Waals surface area (Å²) in [5.41, 5.74) is 0. The lowest BCUT2D eigenvalue weighted by molar-refractivity contribution is -0.133. The maximum Gasteiger partial charge on any atom is 0.388 e. The molecule has 2 aliphatic heterocycles. The molecule has 0 saturated carbocycles. The van der Waals surface area contributed by atoms with Crippen molar-refractivity contribution in [2.24, 2.45) is 0 Å². The van der Waals surface area contributed by atoms with Gasteiger partial charge in [0.05, 0.1) is 11.4 Å². The SMILES string of the molecule is C=CC(=O)NCC(=O)N1C[C@H]2C[C@@H]1CN2S(=O)(=O)c1cccc2c(OC(F)F)nccc12.[HH]. The molecule has 0 spiro atoms. The van der Waals surface area contributed by atoms with Gasteiger partial charge in [-0.2, -0.15) is 13.1 Å². The number of halogens is 2. The van der Waals surface area contributed by atoms with Gasteiger partial charge >= 0.3 is 6.61 Å². The van der Waals surface area contributed by atoms with Crippen LogP contribution in [0.15, 0.2) is 48.0 Å². The number of amides is 2. The summed E-state index contributed by atoms with van der Waals surface area (Å²) in [5, 5.41) is 2.81. The summed E-state index contributed by atoms with van der Waals surface area (Å²) in [6.07, 6.45) is 2.76. The Bertz CT molecular complexity index is 1200. The molecular weight excluding hydrogens is 446 g/mol. The van der Waals surface area contributed by atoms with E-state index in [-0.39, 0.29) is 54.6 Å². The molecule has 9 nitrogen and oxygen atoms in total. The number of nitrogens with zero attached hydrogens (tertiary/aromatic N) is 3. The average Bonchev–Trinajstić information content (AvgIpc) is 3.38. The smallest absolute Gasteiger partial charge is 0.388 e. The Kier molecular flexibility index (Phi) is 5.82. The van der Waals surface area contributed by atoms with E-state index in [0.717, 1.165) is 6.08 Å². The van der Waals surface area contributed by atoms with Gasteiger partial charge in [-0.3, -0.25) is 9.59 Å². The van der Waals surface area contributed by atoms with Crippen LogP contribution in [0.1, 0.15) is 7.85 Å². The van der Waals surface area contributed by atoms with Crippen molar-refractivity contribution in [2.75, 3.05) is 19.6 Å². The third kappa shape index (κ3) is 3.91. The zero-order chi connectivity index (χ0) is 23.0. The van der Waals surface area contributed by atoms with Gasteiger partial charge in [-0.15, -0.1) is 0 Å². The molecule has 12 heteroatoms. The Hall–Kier alpha value is -3.12. The molecule has 0 aliphatic carbocycles. The summed E-state index contributed by atoms with van der Waals surface area (Å²) in [6, 6.07) is 5.03. The molecule has 2 bridgehead atoms. The zero-order valence-electron chi connectivity index (χ0n) is 16.8. The van der Waals surface area contributed by atoms with Crippen LogP contribution in [0.2, 0.25) is 0 Å². The predicted octanol–water partition coefficient (Wildman–Crippen LogP) is 1.36. The second-order valence-corrected chi connectivity index (χ2v) is 9.29. The molecule has 2 atom stereocenters. The van der Waals surface area contributed by atoms with Crippen LogP contribution in [0, 0.1) is 0 Å². The third-order valence-corrected chi connectivity index (χ3v) is 7.60. The number of sulfonamides is 1. The first-order valence-electron chi connectivity index (χ1n) is 9.76. The lowest BCUT2D eigenvalue weighted by atomic mass is 10.2. The minimum atomic E-state index is -3.98. The van der Waals surface area contributed by atoms with Gasteiger partial charge in [0.2, 0.25) is 27.7 Å². The molecule has 2 aliphatic rings. The molecule has 2 amide bonds. The van der Waals surface area contributed by atoms with Crippen molar-refractivity contribution in [2.45, 2.75) is 30.0 Å². The first-order valence-corrected chi connectivity index (χ1v) is 11.2. The number of carbonyl (C=O) groups excluding carboxylic acids is 2. The van der Waals surface area contributed by atoms with Crippen molar-refractivity contribution in [3.63, 3.8) is 0 Å². The second-order valence-electron chi connectivity index (χ2n) is 7.43. The van der Waals surface area contributed by atoms with Gasteiger partial charge in [0.1, 0.15) is 0 Å². The highest BCUT2D eigenvalue weighted by atomic mass is 32.2. The third-order valence-electron chi connectivity index (χ3n) is 5.63. The highest BCUT2D eigenvalue weighted by Crippen LogP contribution is 2.37. The maximum atomic E-state index is 13.4. The molecule has 2 fully saturated rings. The van der Waals surface area contributed by atoms with Crippen LogP contribution < -0.4 is 10.1 Å². The predicted molar refractivity (Wildman–Crippen MR) is 111 cm³/mol. The summed E-state index contributed by atoms with van der Waals surface area (Å²) in [5.74, 6) is -1.11. The van der Waals surface area contributed by atoms with Crippen molar-refractivity contribution in [3.8, 4) is 5.88 Å². The zero-order valence-corrected chi connectivity index (χ0v) is 17.6. The molecule has 3 heterocycles. The number of pyridine rings is 1. The van der Waals surface area contributed by atoms with Crippen LogP contribution >= 0.6 is 0 Å². The number of hydrogen-bond acceptors (Lipinski definition) is 6. The van der Waals surface area contributed by atoms with E-state index in [0.29, 0.717) is 6.42 Å². The quantitative estimate of drug-likeness (QED) is 0.615. The Balaban J connectivity index is 0.00000306. The molecule has 1 N–H and O–H groups in total. The normalized spacial score (nSPS) is 20.7. The number of rotatable bonds is 7. The number of nitrogens with one attached hydrogen (secondary N) is 1. The van der Waals surface area contributed by atoms with Crippen LogP contribution in [-0.2, 0) is 19.6 Å². The fourth-order valence-electron chi connectivity index (χ4n) is 4.25. The molecule has 172 valence electrons. The van der Waals surface area contributed by atoms with E-state index >= 15 is 0 Å². The van der Waals surface area contributed by atoms with Crippen LogP contribution in [0.3, 0.4) is 0 Å². The number of hydrogen-bond donors (Lipinski definition) is 1. The molecule has 0 radical (unpaired) electrons. The lowest BCUT2D eigenvalue weighted by Crippen LogP contribution is -2.52. The van der Waals surface area contributed by atoms with Gasteiger partial charge in [-0.25, -0.2) is 13.4 Å². The van der Waals surface area contributed by atoms with Crippen molar-refractivity contribution < 1.29 is 33.0 Å². The lowest BCUT2D eigenvalue weighted by Gasteiger charge is -2.33. The van der Waals surface area contributed by atoms with E-state index in [4.69, 9.17) is 0 Å². The topological polar surface area (TPSA) is 109 Å². The van der Waals surface area contributed by atoms with Crippen molar-refractivity contribution >= 4 is 32.6 Å². The van der Waals surface area contributed by atoms with E-state index in [2.05, 4.69) is 21.6 Å². The van der Waals surface area contributed by atoms with Crippen molar-refractivity contribution in [1.29, 1.82) is 0 Å². The fraction of sp³-hybridized carbons (Fsp3) is 0.350. The molecular formula is C20H22F2N4O5S. The van der Waals surface area contributed by atoms with Gasteiger partial charge in [-0.05, 0) is 30.7 Å². The van der Waals surface area contributed by atoms with E-state index in [1.165, 1.54) is 34.8 Å². The highest BCUT2D eigenvalue weighted by molar-refractivity contribution is 7.89. The molecule has 1 aromatic carbocycles. The molecule has 1 aromatic heterocycles. The summed E-state index contributed by atoms with van der Waals surface area (Å²) in [7, 11) is -3.98. The Labute approximate surface area is 184 Å². The van der Waals surface area contributed by atoms with E-state index < -0.39 is 28.6 Å². The minimum Gasteiger partial charge on any atom is -0.416 e. The molecule has 0 unspecified atom stereocenters. The van der Waals surface area contributed by atoms with Gasteiger partial charge in [0.15, 0.2) is 0 Å². The Morgan fingerprint density at radius 3 is 2.72 bits per heavy atom. The molecule has 4 rings (SSSR count). The number of fused-ring (bicyclic) bond motifs is 3. The number of benzene rings is 1. The van der Waals surface area contributed by atoms with Crippen LogP contribution in [0.5, 0.6) is 5.88 Å². The summed E-state index contributed by atoms with van der Waals surface area (Å²) < 4.78 is 58.1. The molecule has 2 saturated heterocycles. The highest BCUT2D eigenvalue weighted by Gasteiger charge is 2.50. The van der Waals surface area contributed by atoms with Gasteiger partial charge in [0, 0.05) is 43.6 Å². The maximum absolute atomic E-state index is 13.4. The van der Waals surface area contributed by atoms with Gasteiger partial charge in [0.25, 0.3) is 0 Å². The van der Waals surface area contributed by atoms with E-state index in [1.54, 1.807) is 4.90 Å². The summed E-state index contributed by atoms with van der Waals surface area (Å²) >= 11 is 0. The van der Waals surface area contributed by atoms with Crippen molar-refractivity contribution in [1.82, 2.24) is 19.5 Å². The number of likely N-dealkylation sites (tertiary alicyclic amines) is 1. The van der Waals surface area contributed by atoms with Gasteiger partial charge < -0.3 is 15.0 Å². The minimum absolute atomic E-state index is 0. The van der Waals surface area contributed by atoms with E-state index in [1.807, 2.05) is 0 Å². The summed E-state index contributed by atoms with van der Waals surface area (Å²) in [4.78, 5) is 29.0. The monoisotopic (exact) mass is 468 g/mol. The first kappa shape index (κ1) is 22.1. The number of piperazine rings is 1. The number of ether oxygens (including phenoxy) is 1. The van der Waals surface area contributed by atoms with Crippen LogP contribution in [-0.4, -0.2) is 72.8 Å². The van der Waals surface area contributed by atoms with Crippen molar-refractivity contribution in [3.05, 3.63) is 43.1 Å². The standard InChI is InChI=1S/C20H20F2N4O5S.H2/c1-2-17(27)24-9-18(28)25-10-13-8-12(25)11-26(13)32(29,30)16-5-3-4-15-14(16)6-7-23-19(15)31-20(21)22;/h2-7,12-13,20H,1,8-11H2,(H,24,27);1H/t12-,13-;/m1./s1. The second kappa shape index (κ2) is 8.43. The largest absolute Gasteiger partial charge is 0.416 e. The van der Waals surface area contributed by atoms with Crippen LogP contribution in [0.25, 0.3) is 10.8 Å². The number of aromatic nitrogens is 1. The van der Waals surface area contributed by atoms with Crippen LogP contribution in [0.4, 0.5) is 8.78 Å². The van der Waals surface area contributed by atoms with Gasteiger partial charge in [-0.1, -0.05) is 12.6 Å². The average molecular weight is 468 g/mol.